The predicted molar refractivity (Wildman–Crippen MR) is 59.5 cm³/mol. The second kappa shape index (κ2) is 5.51. The Hall–Kier alpha value is -1.07. The standard InChI is InChI=1S/C12H15F3N2/c13-8-12(17-5-3-16-4-6-17)10-2-1-9(14)7-11(10)15/h1-2,7,12,16H,3-6,8H2/t12-/m0/s1. The molecule has 5 heteroatoms. The van der Waals surface area contributed by atoms with Gasteiger partial charge < -0.3 is 5.32 Å². The third-order valence-electron chi connectivity index (χ3n) is 3.06. The topological polar surface area (TPSA) is 15.3 Å². The molecular formula is C12H15F3N2. The van der Waals surface area contributed by atoms with Crippen LogP contribution in [0.3, 0.4) is 0 Å². The van der Waals surface area contributed by atoms with E-state index in [9.17, 15) is 13.2 Å². The van der Waals surface area contributed by atoms with Gasteiger partial charge in [-0.2, -0.15) is 0 Å². The normalized spacial score (nSPS) is 19.2. The summed E-state index contributed by atoms with van der Waals surface area (Å²) in [6.45, 7) is 2.21. The highest BCUT2D eigenvalue weighted by molar-refractivity contribution is 5.22. The minimum atomic E-state index is -0.675. The van der Waals surface area contributed by atoms with Crippen LogP contribution in [0.4, 0.5) is 13.2 Å². The van der Waals surface area contributed by atoms with Crippen LogP contribution < -0.4 is 5.32 Å². The van der Waals surface area contributed by atoms with Crippen LogP contribution in [0.25, 0.3) is 0 Å². The summed E-state index contributed by atoms with van der Waals surface area (Å²) in [6, 6.07) is 2.69. The van der Waals surface area contributed by atoms with Crippen molar-refractivity contribution in [1.82, 2.24) is 10.2 Å². The summed E-state index contributed by atoms with van der Waals surface area (Å²) in [5, 5.41) is 3.15. The van der Waals surface area contributed by atoms with E-state index in [2.05, 4.69) is 5.32 Å². The molecule has 0 radical (unpaired) electrons. The highest BCUT2D eigenvalue weighted by Crippen LogP contribution is 2.24. The highest BCUT2D eigenvalue weighted by atomic mass is 19.1. The molecule has 0 bridgehead atoms. The van der Waals surface area contributed by atoms with Gasteiger partial charge in [0.2, 0.25) is 0 Å². The number of hydrogen-bond donors (Lipinski definition) is 1. The Kier molecular flexibility index (Phi) is 4.02. The van der Waals surface area contributed by atoms with Crippen molar-refractivity contribution in [2.24, 2.45) is 0 Å². The summed E-state index contributed by atoms with van der Waals surface area (Å²) in [5.41, 5.74) is 0.232. The number of hydrogen-bond acceptors (Lipinski definition) is 2. The maximum Gasteiger partial charge on any atom is 0.130 e. The molecule has 1 aliphatic heterocycles. The third kappa shape index (κ3) is 2.79. The molecule has 0 unspecified atom stereocenters. The summed E-state index contributed by atoms with van der Waals surface area (Å²) in [5.74, 6) is -1.31. The van der Waals surface area contributed by atoms with Gasteiger partial charge in [0.15, 0.2) is 0 Å². The van der Waals surface area contributed by atoms with Crippen LogP contribution in [-0.2, 0) is 0 Å². The van der Waals surface area contributed by atoms with E-state index in [1.807, 2.05) is 4.90 Å². The monoisotopic (exact) mass is 244 g/mol. The summed E-state index contributed by atoms with van der Waals surface area (Å²) in [4.78, 5) is 1.88. The number of nitrogens with zero attached hydrogens (tertiary/aromatic N) is 1. The molecule has 1 aliphatic rings. The van der Waals surface area contributed by atoms with Crippen LogP contribution in [0.5, 0.6) is 0 Å². The molecule has 1 heterocycles. The summed E-state index contributed by atoms with van der Waals surface area (Å²) >= 11 is 0. The van der Waals surface area contributed by atoms with Crippen molar-refractivity contribution in [1.29, 1.82) is 0 Å². The van der Waals surface area contributed by atoms with Crippen LogP contribution >= 0.6 is 0 Å². The molecule has 1 aromatic rings. The molecule has 1 N–H and O–H groups in total. The van der Waals surface area contributed by atoms with E-state index in [1.54, 1.807) is 0 Å². The lowest BCUT2D eigenvalue weighted by Gasteiger charge is -2.33. The van der Waals surface area contributed by atoms with Crippen LogP contribution in [0.15, 0.2) is 18.2 Å². The minimum Gasteiger partial charge on any atom is -0.314 e. The van der Waals surface area contributed by atoms with Crippen LogP contribution in [0.2, 0.25) is 0 Å². The molecule has 1 aromatic carbocycles. The van der Waals surface area contributed by atoms with Gasteiger partial charge >= 0.3 is 0 Å². The first kappa shape index (κ1) is 12.4. The Morgan fingerprint density at radius 2 is 1.94 bits per heavy atom. The summed E-state index contributed by atoms with van der Waals surface area (Å²) < 4.78 is 39.5. The third-order valence-corrected chi connectivity index (χ3v) is 3.06. The van der Waals surface area contributed by atoms with Gasteiger partial charge in [-0.3, -0.25) is 4.90 Å². The van der Waals surface area contributed by atoms with Gasteiger partial charge in [0, 0.05) is 37.8 Å². The molecule has 0 spiro atoms. The van der Waals surface area contributed by atoms with Crippen molar-refractivity contribution in [3.05, 3.63) is 35.4 Å². The predicted octanol–water partition coefficient (Wildman–Crippen LogP) is 1.88. The molecule has 0 amide bonds. The Labute approximate surface area is 98.4 Å². The number of alkyl halides is 1. The lowest BCUT2D eigenvalue weighted by Crippen LogP contribution is -2.45. The van der Waals surface area contributed by atoms with Crippen molar-refractivity contribution >= 4 is 0 Å². The lowest BCUT2D eigenvalue weighted by atomic mass is 10.0. The van der Waals surface area contributed by atoms with E-state index in [0.29, 0.717) is 13.1 Å². The van der Waals surface area contributed by atoms with Gasteiger partial charge in [-0.05, 0) is 6.07 Å². The maximum atomic E-state index is 13.6. The second-order valence-corrected chi connectivity index (χ2v) is 4.12. The molecule has 94 valence electrons. The molecular weight excluding hydrogens is 229 g/mol. The summed E-state index contributed by atoms with van der Waals surface area (Å²) in [6.07, 6.45) is 0. The fraction of sp³-hybridized carbons (Fsp3) is 0.500. The average molecular weight is 244 g/mol. The van der Waals surface area contributed by atoms with Crippen LogP contribution in [-0.4, -0.2) is 37.8 Å². The summed E-state index contributed by atoms with van der Waals surface area (Å²) in [7, 11) is 0. The van der Waals surface area contributed by atoms with Crippen molar-refractivity contribution < 1.29 is 13.2 Å². The molecule has 2 nitrogen and oxygen atoms in total. The maximum absolute atomic E-state index is 13.6. The van der Waals surface area contributed by atoms with E-state index in [4.69, 9.17) is 0 Å². The van der Waals surface area contributed by atoms with Gasteiger partial charge in [-0.15, -0.1) is 0 Å². The zero-order valence-corrected chi connectivity index (χ0v) is 9.43. The zero-order valence-electron chi connectivity index (χ0n) is 9.43. The number of nitrogens with one attached hydrogen (secondary N) is 1. The average Bonchev–Trinajstić information content (AvgIpc) is 2.34. The quantitative estimate of drug-likeness (QED) is 0.873. The molecule has 0 aliphatic carbocycles. The van der Waals surface area contributed by atoms with E-state index in [1.165, 1.54) is 12.1 Å². The smallest absolute Gasteiger partial charge is 0.130 e. The van der Waals surface area contributed by atoms with Gasteiger partial charge in [-0.25, -0.2) is 13.2 Å². The molecule has 1 atom stereocenters. The van der Waals surface area contributed by atoms with E-state index >= 15 is 0 Å². The number of piperazine rings is 1. The van der Waals surface area contributed by atoms with Gasteiger partial charge in [0.25, 0.3) is 0 Å². The highest BCUT2D eigenvalue weighted by Gasteiger charge is 2.24. The Bertz CT molecular complexity index is 378. The fourth-order valence-corrected chi connectivity index (χ4v) is 2.14. The number of rotatable bonds is 3. The molecule has 0 aromatic heterocycles. The van der Waals surface area contributed by atoms with Crippen LogP contribution in [0.1, 0.15) is 11.6 Å². The zero-order chi connectivity index (χ0) is 12.3. The molecule has 17 heavy (non-hydrogen) atoms. The Morgan fingerprint density at radius 1 is 1.24 bits per heavy atom. The van der Waals surface area contributed by atoms with Gasteiger partial charge in [-0.1, -0.05) is 6.07 Å². The minimum absolute atomic E-state index is 0.232. The largest absolute Gasteiger partial charge is 0.314 e. The van der Waals surface area contributed by atoms with Crippen molar-refractivity contribution in [2.45, 2.75) is 6.04 Å². The van der Waals surface area contributed by atoms with Crippen LogP contribution in [0, 0.1) is 11.6 Å². The lowest BCUT2D eigenvalue weighted by molar-refractivity contribution is 0.144. The Morgan fingerprint density at radius 3 is 2.53 bits per heavy atom. The second-order valence-electron chi connectivity index (χ2n) is 4.12. The number of halogens is 3. The van der Waals surface area contributed by atoms with Gasteiger partial charge in [0.05, 0.1) is 6.04 Å². The first-order valence-electron chi connectivity index (χ1n) is 5.68. The van der Waals surface area contributed by atoms with Crippen molar-refractivity contribution in [3.63, 3.8) is 0 Å². The van der Waals surface area contributed by atoms with Crippen molar-refractivity contribution in [2.75, 3.05) is 32.9 Å². The van der Waals surface area contributed by atoms with E-state index in [-0.39, 0.29) is 5.56 Å². The van der Waals surface area contributed by atoms with Crippen molar-refractivity contribution in [3.8, 4) is 0 Å². The van der Waals surface area contributed by atoms with E-state index in [0.717, 1.165) is 19.2 Å². The fourth-order valence-electron chi connectivity index (χ4n) is 2.14. The molecule has 1 fully saturated rings. The molecule has 0 saturated carbocycles. The SMILES string of the molecule is FC[C@@H](c1ccc(F)cc1F)N1CCNCC1. The molecule has 2 rings (SSSR count). The first-order valence-corrected chi connectivity index (χ1v) is 5.68. The van der Waals surface area contributed by atoms with E-state index < -0.39 is 24.4 Å². The Balaban J connectivity index is 2.21. The number of benzene rings is 1. The van der Waals surface area contributed by atoms with Gasteiger partial charge in [0.1, 0.15) is 18.3 Å². The molecule has 1 saturated heterocycles. The first-order chi connectivity index (χ1) is 8.22.